The normalized spacial score (nSPS) is 11.5. The van der Waals surface area contributed by atoms with Crippen molar-refractivity contribution in [1.82, 2.24) is 4.98 Å². The maximum atomic E-state index is 13.6. The summed E-state index contributed by atoms with van der Waals surface area (Å²) in [5, 5.41) is 3.06. The van der Waals surface area contributed by atoms with E-state index in [1.807, 2.05) is 12.1 Å². The lowest BCUT2D eigenvalue weighted by atomic mass is 10.0. The summed E-state index contributed by atoms with van der Waals surface area (Å²) in [5.41, 5.74) is 2.49. The molecule has 1 aromatic heterocycles. The number of carbonyl (C=O) groups is 1. The van der Waals surface area contributed by atoms with E-state index in [4.69, 9.17) is 0 Å². The molecule has 24 heavy (non-hydrogen) atoms. The van der Waals surface area contributed by atoms with Crippen LogP contribution < -0.4 is 5.32 Å². The molecule has 0 aliphatic carbocycles. The van der Waals surface area contributed by atoms with Gasteiger partial charge in [-0.15, -0.1) is 0 Å². The molecule has 122 valence electrons. The van der Waals surface area contributed by atoms with Crippen molar-refractivity contribution in [3.8, 4) is 0 Å². The standard InChI is InChI=1S/C19H17FN2OS/c1-12(2)14-9-6-13(7-10-14)8-11-17(23)21-19-22-18-15(20)4-3-5-16(18)24-19/h3-12H,1-2H3,(H,21,22,23)/b11-8+. The maximum absolute atomic E-state index is 13.6. The zero-order valence-electron chi connectivity index (χ0n) is 13.4. The largest absolute Gasteiger partial charge is 0.298 e. The van der Waals surface area contributed by atoms with Crippen LogP contribution in [0.2, 0.25) is 0 Å². The molecule has 0 aliphatic heterocycles. The van der Waals surface area contributed by atoms with Crippen molar-refractivity contribution in [1.29, 1.82) is 0 Å². The number of rotatable bonds is 4. The van der Waals surface area contributed by atoms with Gasteiger partial charge in [0.2, 0.25) is 5.91 Å². The Balaban J connectivity index is 1.69. The van der Waals surface area contributed by atoms with Gasteiger partial charge in [-0.1, -0.05) is 55.5 Å². The van der Waals surface area contributed by atoms with Crippen LogP contribution in [-0.2, 0) is 4.79 Å². The minimum absolute atomic E-state index is 0.283. The lowest BCUT2D eigenvalue weighted by Gasteiger charge is -2.04. The number of amides is 1. The molecule has 0 fully saturated rings. The molecule has 5 heteroatoms. The average Bonchev–Trinajstić information content (AvgIpc) is 2.97. The van der Waals surface area contributed by atoms with Crippen molar-refractivity contribution < 1.29 is 9.18 Å². The third kappa shape index (κ3) is 3.68. The number of benzene rings is 2. The number of thiazole rings is 1. The Bertz CT molecular complexity index is 897. The number of anilines is 1. The van der Waals surface area contributed by atoms with Crippen molar-refractivity contribution in [3.63, 3.8) is 0 Å². The molecule has 3 nitrogen and oxygen atoms in total. The Morgan fingerprint density at radius 1 is 1.21 bits per heavy atom. The van der Waals surface area contributed by atoms with Crippen LogP contribution in [0, 0.1) is 5.82 Å². The van der Waals surface area contributed by atoms with E-state index in [1.165, 1.54) is 29.0 Å². The Morgan fingerprint density at radius 3 is 2.62 bits per heavy atom. The van der Waals surface area contributed by atoms with Crippen LogP contribution >= 0.6 is 11.3 Å². The van der Waals surface area contributed by atoms with E-state index in [0.29, 0.717) is 15.7 Å². The van der Waals surface area contributed by atoms with Crippen molar-refractivity contribution >= 4 is 38.7 Å². The third-order valence-corrected chi connectivity index (χ3v) is 4.57. The lowest BCUT2D eigenvalue weighted by Crippen LogP contribution is -2.07. The summed E-state index contributed by atoms with van der Waals surface area (Å²) in [7, 11) is 0. The fraction of sp³-hybridized carbons (Fsp3) is 0.158. The number of nitrogens with one attached hydrogen (secondary N) is 1. The van der Waals surface area contributed by atoms with Gasteiger partial charge in [-0.2, -0.15) is 0 Å². The number of aromatic nitrogens is 1. The van der Waals surface area contributed by atoms with Crippen LogP contribution in [-0.4, -0.2) is 10.9 Å². The fourth-order valence-electron chi connectivity index (χ4n) is 2.28. The minimum atomic E-state index is -0.384. The van der Waals surface area contributed by atoms with Crippen LogP contribution in [0.1, 0.15) is 30.9 Å². The van der Waals surface area contributed by atoms with Gasteiger partial charge < -0.3 is 0 Å². The molecule has 2 aromatic carbocycles. The molecule has 1 N–H and O–H groups in total. The average molecular weight is 340 g/mol. The number of nitrogens with zero attached hydrogens (tertiary/aromatic N) is 1. The number of hydrogen-bond donors (Lipinski definition) is 1. The second-order valence-electron chi connectivity index (χ2n) is 5.75. The highest BCUT2D eigenvalue weighted by atomic mass is 32.1. The molecule has 0 spiro atoms. The molecule has 0 radical (unpaired) electrons. The summed E-state index contributed by atoms with van der Waals surface area (Å²) < 4.78 is 14.3. The molecule has 0 saturated carbocycles. The van der Waals surface area contributed by atoms with Gasteiger partial charge in [-0.3, -0.25) is 10.1 Å². The smallest absolute Gasteiger partial charge is 0.250 e. The highest BCUT2D eigenvalue weighted by molar-refractivity contribution is 7.22. The lowest BCUT2D eigenvalue weighted by molar-refractivity contribution is -0.111. The van der Waals surface area contributed by atoms with Gasteiger partial charge in [0.1, 0.15) is 11.3 Å². The second kappa shape index (κ2) is 6.93. The topological polar surface area (TPSA) is 42.0 Å². The first-order valence-corrected chi connectivity index (χ1v) is 8.48. The van der Waals surface area contributed by atoms with E-state index in [9.17, 15) is 9.18 Å². The van der Waals surface area contributed by atoms with Gasteiger partial charge in [0.15, 0.2) is 5.13 Å². The van der Waals surface area contributed by atoms with Crippen LogP contribution in [0.25, 0.3) is 16.3 Å². The molecule has 0 aliphatic rings. The molecule has 0 unspecified atom stereocenters. The Hall–Kier alpha value is -2.53. The summed E-state index contributed by atoms with van der Waals surface area (Å²) in [4.78, 5) is 16.1. The second-order valence-corrected chi connectivity index (χ2v) is 6.78. The third-order valence-electron chi connectivity index (χ3n) is 3.63. The summed E-state index contributed by atoms with van der Waals surface area (Å²) in [6.45, 7) is 4.28. The zero-order chi connectivity index (χ0) is 17.1. The van der Waals surface area contributed by atoms with E-state index in [-0.39, 0.29) is 17.2 Å². The van der Waals surface area contributed by atoms with Crippen LogP contribution in [0.15, 0.2) is 48.5 Å². The van der Waals surface area contributed by atoms with E-state index >= 15 is 0 Å². The number of halogens is 1. The van der Waals surface area contributed by atoms with E-state index in [0.717, 1.165) is 5.56 Å². The van der Waals surface area contributed by atoms with Gasteiger partial charge in [-0.25, -0.2) is 9.37 Å². The fourth-order valence-corrected chi connectivity index (χ4v) is 3.16. The SMILES string of the molecule is CC(C)c1ccc(/C=C/C(=O)Nc2nc3c(F)cccc3s2)cc1. The number of para-hydroxylation sites is 1. The van der Waals surface area contributed by atoms with Gasteiger partial charge in [0, 0.05) is 6.08 Å². The molecule has 1 amide bonds. The predicted octanol–water partition coefficient (Wildman–Crippen LogP) is 5.21. The Labute approximate surface area is 143 Å². The van der Waals surface area contributed by atoms with Gasteiger partial charge in [-0.05, 0) is 35.3 Å². The molecule has 3 rings (SSSR count). The molecule has 1 heterocycles. The molecule has 0 saturated heterocycles. The molecular weight excluding hydrogens is 323 g/mol. The first-order valence-electron chi connectivity index (χ1n) is 7.67. The number of hydrogen-bond acceptors (Lipinski definition) is 3. The minimum Gasteiger partial charge on any atom is -0.298 e. The summed E-state index contributed by atoms with van der Waals surface area (Å²) in [6, 6.07) is 12.8. The summed E-state index contributed by atoms with van der Waals surface area (Å²) in [5.74, 6) is -0.196. The monoisotopic (exact) mass is 340 g/mol. The van der Waals surface area contributed by atoms with Gasteiger partial charge in [0.05, 0.1) is 4.70 Å². The highest BCUT2D eigenvalue weighted by Gasteiger charge is 2.09. The van der Waals surface area contributed by atoms with Gasteiger partial charge in [0.25, 0.3) is 0 Å². The maximum Gasteiger partial charge on any atom is 0.250 e. The molecular formula is C19H17FN2OS. The quantitative estimate of drug-likeness (QED) is 0.662. The zero-order valence-corrected chi connectivity index (χ0v) is 14.2. The van der Waals surface area contributed by atoms with E-state index in [1.54, 1.807) is 18.2 Å². The van der Waals surface area contributed by atoms with Crippen molar-refractivity contribution in [2.45, 2.75) is 19.8 Å². The van der Waals surface area contributed by atoms with Crippen molar-refractivity contribution in [2.75, 3.05) is 5.32 Å². The van der Waals surface area contributed by atoms with Crippen molar-refractivity contribution in [2.24, 2.45) is 0 Å². The van der Waals surface area contributed by atoms with E-state index < -0.39 is 0 Å². The number of fused-ring (bicyclic) bond motifs is 1. The highest BCUT2D eigenvalue weighted by Crippen LogP contribution is 2.27. The van der Waals surface area contributed by atoms with Crippen LogP contribution in [0.3, 0.4) is 0 Å². The first-order chi connectivity index (χ1) is 11.5. The molecule has 3 aromatic rings. The van der Waals surface area contributed by atoms with Crippen LogP contribution in [0.4, 0.5) is 9.52 Å². The molecule has 0 atom stereocenters. The molecule has 0 bridgehead atoms. The van der Waals surface area contributed by atoms with Gasteiger partial charge >= 0.3 is 0 Å². The summed E-state index contributed by atoms with van der Waals surface area (Å²) in [6.07, 6.45) is 3.19. The predicted molar refractivity (Wildman–Crippen MR) is 97.8 cm³/mol. The first kappa shape index (κ1) is 16.3. The Morgan fingerprint density at radius 2 is 1.96 bits per heavy atom. The Kier molecular flexibility index (Phi) is 4.71. The summed E-state index contributed by atoms with van der Waals surface area (Å²) >= 11 is 1.25. The van der Waals surface area contributed by atoms with E-state index in [2.05, 4.69) is 36.3 Å². The number of carbonyl (C=O) groups excluding carboxylic acids is 1. The van der Waals surface area contributed by atoms with Crippen molar-refractivity contribution in [3.05, 3.63) is 65.5 Å². The van der Waals surface area contributed by atoms with Crippen LogP contribution in [0.5, 0.6) is 0 Å².